The van der Waals surface area contributed by atoms with Crippen molar-refractivity contribution in [3.63, 3.8) is 0 Å². The lowest BCUT2D eigenvalue weighted by molar-refractivity contribution is -0.168. The molecule has 3 rings (SSSR count). The maximum Gasteiger partial charge on any atom is 0.284 e. The van der Waals surface area contributed by atoms with Crippen LogP contribution in [-0.2, 0) is 33.8 Å². The molecule has 2 aromatic rings. The molecule has 1 aliphatic heterocycles. The number of β-lactam (4-membered cyclic amide) rings is 1. The lowest BCUT2D eigenvalue weighted by Gasteiger charge is -2.46. The number of hydrogen-bond acceptors (Lipinski definition) is 3. The maximum atomic E-state index is 12.4. The third-order valence-electron chi connectivity index (χ3n) is 4.18. The summed E-state index contributed by atoms with van der Waals surface area (Å²) in [5.74, 6) is -0.614. The number of benzene rings is 2. The van der Waals surface area contributed by atoms with Crippen LogP contribution in [0.2, 0.25) is 0 Å². The summed E-state index contributed by atoms with van der Waals surface area (Å²) in [6, 6.07) is 18.7. The van der Waals surface area contributed by atoms with E-state index in [-0.39, 0.29) is 27.9 Å². The van der Waals surface area contributed by atoms with E-state index in [1.165, 1.54) is 16.9 Å². The molecule has 0 bridgehead atoms. The Morgan fingerprint density at radius 2 is 1.60 bits per heavy atom. The number of nitrogens with zero attached hydrogens (tertiary/aromatic N) is 2. The van der Waals surface area contributed by atoms with Crippen molar-refractivity contribution in [2.75, 3.05) is 0 Å². The first-order chi connectivity index (χ1) is 12.1. The highest BCUT2D eigenvalue weighted by Crippen LogP contribution is 2.24. The molecule has 0 N–H and O–H groups in total. The van der Waals surface area contributed by atoms with Gasteiger partial charge < -0.3 is 0 Å². The van der Waals surface area contributed by atoms with Crippen molar-refractivity contribution in [1.82, 2.24) is 10.0 Å². The van der Waals surface area contributed by atoms with Crippen molar-refractivity contribution < 1.29 is 13.8 Å². The Morgan fingerprint density at radius 1 is 1.04 bits per heavy atom. The second-order valence-corrected chi connectivity index (χ2v) is 6.47. The highest BCUT2D eigenvalue weighted by atomic mass is 32.1. The molecule has 1 unspecified atom stereocenters. The Morgan fingerprint density at radius 3 is 2.12 bits per heavy atom. The predicted molar refractivity (Wildman–Crippen MR) is 96.6 cm³/mol. The summed E-state index contributed by atoms with van der Waals surface area (Å²) >= 11 is 0.224. The minimum atomic E-state index is -0.398. The molecule has 2 amide bonds. The fourth-order valence-electron chi connectivity index (χ4n) is 2.92. The predicted octanol–water partition coefficient (Wildman–Crippen LogP) is 1.79. The number of carbonyl (C=O) groups excluding carboxylic acids is 2. The summed E-state index contributed by atoms with van der Waals surface area (Å²) in [6.07, 6.45) is 0.510. The van der Waals surface area contributed by atoms with Gasteiger partial charge >= 0.3 is 0 Å². The van der Waals surface area contributed by atoms with Crippen LogP contribution in [-0.4, -0.2) is 36.9 Å². The first-order valence-electron chi connectivity index (χ1n) is 7.98. The second-order valence-electron chi connectivity index (χ2n) is 5.87. The summed E-state index contributed by atoms with van der Waals surface area (Å²) in [6.45, 7) is 1.72. The molecule has 0 spiro atoms. The van der Waals surface area contributed by atoms with Crippen molar-refractivity contribution >= 4 is 27.9 Å². The van der Waals surface area contributed by atoms with E-state index in [4.69, 9.17) is 0 Å². The lowest BCUT2D eigenvalue weighted by atomic mass is 9.96. The smallest absolute Gasteiger partial charge is 0.273 e. The number of amides is 2. The highest BCUT2D eigenvalue weighted by Gasteiger charge is 2.47. The zero-order valence-corrected chi connectivity index (χ0v) is 14.6. The van der Waals surface area contributed by atoms with Crippen LogP contribution in [0, 0.1) is 0 Å². The molecule has 25 heavy (non-hydrogen) atoms. The van der Waals surface area contributed by atoms with Gasteiger partial charge in [-0.1, -0.05) is 60.7 Å². The maximum absolute atomic E-state index is 12.4. The molecular formula is C19H18N2O3S. The number of hydrazine groups is 1. The second kappa shape index (κ2) is 7.44. The average molecular weight is 354 g/mol. The Bertz CT molecular complexity index is 789. The standard InChI is InChI=1S/C19H18N2O3S/c1-14(22)20(13-16-10-6-3-7-11-16)21-17(18(25-24)19(21)23)12-15-8-4-2-5-9-15/h2-11,17H,12-13H2,1H3. The summed E-state index contributed by atoms with van der Waals surface area (Å²) in [5.41, 5.74) is 1.94. The fourth-order valence-corrected chi connectivity index (χ4v) is 3.38. The largest absolute Gasteiger partial charge is 0.284 e. The molecule has 0 radical (unpaired) electrons. The molecule has 0 aromatic heterocycles. The van der Waals surface area contributed by atoms with Crippen molar-refractivity contribution in [1.29, 1.82) is 0 Å². The first-order valence-corrected chi connectivity index (χ1v) is 8.72. The summed E-state index contributed by atoms with van der Waals surface area (Å²) in [4.78, 5) is 24.8. The zero-order chi connectivity index (χ0) is 17.8. The van der Waals surface area contributed by atoms with Gasteiger partial charge in [0.25, 0.3) is 5.91 Å². The first kappa shape index (κ1) is 17.1. The Balaban J connectivity index is 1.86. The number of hydrogen-bond donors (Lipinski definition) is 0. The molecule has 1 heterocycles. The molecule has 0 aliphatic carbocycles. The number of rotatable bonds is 5. The quantitative estimate of drug-likeness (QED) is 0.608. The molecule has 1 atom stereocenters. The van der Waals surface area contributed by atoms with Crippen LogP contribution in [0.5, 0.6) is 0 Å². The minimum absolute atomic E-state index is 0.224. The van der Waals surface area contributed by atoms with E-state index in [0.717, 1.165) is 11.1 Å². The van der Waals surface area contributed by atoms with Gasteiger partial charge in [-0.3, -0.25) is 9.59 Å². The van der Waals surface area contributed by atoms with Crippen LogP contribution < -0.4 is 0 Å². The van der Waals surface area contributed by atoms with E-state index in [1.807, 2.05) is 60.7 Å². The van der Waals surface area contributed by atoms with Gasteiger partial charge in [-0.15, -0.1) is 0 Å². The Labute approximate surface area is 149 Å². The van der Waals surface area contributed by atoms with E-state index in [2.05, 4.69) is 0 Å². The molecule has 1 fully saturated rings. The van der Waals surface area contributed by atoms with Gasteiger partial charge in [0.05, 0.1) is 6.54 Å². The molecule has 2 aromatic carbocycles. The van der Waals surface area contributed by atoms with E-state index in [0.29, 0.717) is 13.0 Å². The monoisotopic (exact) mass is 354 g/mol. The Hall–Kier alpha value is -2.73. The van der Waals surface area contributed by atoms with Gasteiger partial charge in [0.1, 0.15) is 22.2 Å². The molecule has 5 nitrogen and oxygen atoms in total. The van der Waals surface area contributed by atoms with Crippen molar-refractivity contribution in [2.45, 2.75) is 25.9 Å². The summed E-state index contributed by atoms with van der Waals surface area (Å²) in [7, 11) is 0. The van der Waals surface area contributed by atoms with E-state index < -0.39 is 6.04 Å². The topological polar surface area (TPSA) is 57.7 Å². The van der Waals surface area contributed by atoms with Crippen LogP contribution in [0.3, 0.4) is 0 Å². The molecule has 1 aliphatic rings. The summed E-state index contributed by atoms with van der Waals surface area (Å²) in [5, 5.41) is 2.84. The van der Waals surface area contributed by atoms with Crippen LogP contribution in [0.15, 0.2) is 60.7 Å². The van der Waals surface area contributed by atoms with Crippen molar-refractivity contribution in [3.05, 3.63) is 71.8 Å². The van der Waals surface area contributed by atoms with Gasteiger partial charge in [0, 0.05) is 13.3 Å². The van der Waals surface area contributed by atoms with Gasteiger partial charge in [-0.25, -0.2) is 14.2 Å². The van der Waals surface area contributed by atoms with Gasteiger partial charge in [0.15, 0.2) is 0 Å². The molecule has 128 valence electrons. The van der Waals surface area contributed by atoms with Crippen LogP contribution in [0.25, 0.3) is 0 Å². The highest BCUT2D eigenvalue weighted by molar-refractivity contribution is 7.69. The van der Waals surface area contributed by atoms with E-state index >= 15 is 0 Å². The van der Waals surface area contributed by atoms with Gasteiger partial charge in [-0.05, 0) is 11.1 Å². The SMILES string of the molecule is CC(=O)N(Cc1ccccc1)N1C(=O)C(=S=O)C1Cc1ccccc1. The molecule has 6 heteroatoms. The zero-order valence-electron chi connectivity index (χ0n) is 13.8. The Kier molecular flexibility index (Phi) is 5.09. The lowest BCUT2D eigenvalue weighted by Crippen LogP contribution is -2.69. The van der Waals surface area contributed by atoms with E-state index in [9.17, 15) is 13.8 Å². The molecule has 1 saturated heterocycles. The fraction of sp³-hybridized carbons (Fsp3) is 0.211. The van der Waals surface area contributed by atoms with Gasteiger partial charge in [0.2, 0.25) is 5.91 Å². The van der Waals surface area contributed by atoms with E-state index in [1.54, 1.807) is 0 Å². The van der Waals surface area contributed by atoms with Crippen molar-refractivity contribution in [3.8, 4) is 0 Å². The molecule has 0 saturated carbocycles. The van der Waals surface area contributed by atoms with Crippen LogP contribution in [0.1, 0.15) is 18.1 Å². The van der Waals surface area contributed by atoms with Crippen molar-refractivity contribution in [2.24, 2.45) is 0 Å². The van der Waals surface area contributed by atoms with Crippen LogP contribution >= 0.6 is 0 Å². The third kappa shape index (κ3) is 3.53. The van der Waals surface area contributed by atoms with Crippen LogP contribution in [0.4, 0.5) is 0 Å². The molecular weight excluding hydrogens is 336 g/mol. The normalized spacial score (nSPS) is 16.4. The van der Waals surface area contributed by atoms with Gasteiger partial charge in [-0.2, -0.15) is 0 Å². The number of carbonyl (C=O) groups is 2. The minimum Gasteiger partial charge on any atom is -0.273 e. The summed E-state index contributed by atoms with van der Waals surface area (Å²) < 4.78 is 11.3. The third-order valence-corrected chi connectivity index (χ3v) is 4.80. The average Bonchev–Trinajstić information content (AvgIpc) is 2.63.